The van der Waals surface area contributed by atoms with Crippen LogP contribution in [0.1, 0.15) is 35.2 Å². The van der Waals surface area contributed by atoms with E-state index in [1.165, 1.54) is 18.4 Å². The summed E-state index contributed by atoms with van der Waals surface area (Å²) < 4.78 is 20.2. The fraction of sp³-hybridized carbons (Fsp3) is 0.139. The Kier molecular flexibility index (Phi) is 9.53. The van der Waals surface area contributed by atoms with E-state index in [1.807, 2.05) is 84.9 Å². The van der Waals surface area contributed by atoms with Crippen molar-refractivity contribution >= 4 is 56.6 Å². The first-order valence-electron chi connectivity index (χ1n) is 14.5. The number of methoxy groups -OCH3 is 1. The van der Waals surface area contributed by atoms with Crippen LogP contribution in [0.15, 0.2) is 117 Å². The zero-order chi connectivity index (χ0) is 32.2. The molecule has 0 unspecified atom stereocenters. The number of carbonyl (C=O) groups is 1. The minimum absolute atomic E-state index is 0.182. The van der Waals surface area contributed by atoms with Gasteiger partial charge >= 0.3 is 5.97 Å². The summed E-state index contributed by atoms with van der Waals surface area (Å²) in [4.78, 5) is 33.1. The lowest BCUT2D eigenvalue weighted by atomic mass is 9.93. The van der Waals surface area contributed by atoms with Crippen LogP contribution in [0.4, 0.5) is 0 Å². The van der Waals surface area contributed by atoms with E-state index < -0.39 is 12.0 Å². The van der Waals surface area contributed by atoms with Crippen LogP contribution in [0.25, 0.3) is 11.8 Å². The number of carbonyl (C=O) groups excluding carboxylic acids is 1. The fourth-order valence-electron chi connectivity index (χ4n) is 5.24. The Hall–Kier alpha value is -4.44. The number of benzene rings is 4. The van der Waals surface area contributed by atoms with Crippen LogP contribution in [-0.4, -0.2) is 24.3 Å². The zero-order valence-electron chi connectivity index (χ0n) is 24.9. The van der Waals surface area contributed by atoms with Crippen LogP contribution in [0.3, 0.4) is 0 Å². The van der Waals surface area contributed by atoms with Crippen molar-refractivity contribution in [3.8, 4) is 11.5 Å². The predicted molar refractivity (Wildman–Crippen MR) is 184 cm³/mol. The van der Waals surface area contributed by atoms with Crippen molar-refractivity contribution in [3.63, 3.8) is 0 Å². The molecule has 0 saturated heterocycles. The summed E-state index contributed by atoms with van der Waals surface area (Å²) in [5, 5.41) is 0.341. The third kappa shape index (κ3) is 6.44. The van der Waals surface area contributed by atoms with E-state index in [0.717, 1.165) is 21.2 Å². The number of fused-ring (bicyclic) bond motifs is 1. The molecule has 0 amide bonds. The molecular weight excluding hydrogens is 688 g/mol. The standard InChI is InChI=1S/C36H28BrClN2O5S/c1-3-44-35(42)30-31(24-10-6-4-7-11-24)39-36-40(32(30)25-12-8-5-9-13-25)34(41)29(46-36)20-23-18-27(38)33(28(19-23)43-2)45-21-22-14-16-26(37)17-15-22/h4-20,32H,3,21H2,1-2H3/b29-20-/t32-/m0/s1. The molecule has 0 spiro atoms. The quantitative estimate of drug-likeness (QED) is 0.155. The maximum atomic E-state index is 14.2. The van der Waals surface area contributed by atoms with Crippen LogP contribution in [0, 0.1) is 0 Å². The molecule has 1 aliphatic heterocycles. The predicted octanol–water partition coefficient (Wildman–Crippen LogP) is 6.94. The smallest absolute Gasteiger partial charge is 0.338 e. The van der Waals surface area contributed by atoms with Crippen molar-refractivity contribution in [2.45, 2.75) is 19.6 Å². The van der Waals surface area contributed by atoms with Crippen LogP contribution < -0.4 is 24.4 Å². The Morgan fingerprint density at radius 1 is 1.02 bits per heavy atom. The van der Waals surface area contributed by atoms with Gasteiger partial charge in [-0.15, -0.1) is 0 Å². The number of ether oxygens (including phenoxy) is 3. The largest absolute Gasteiger partial charge is 0.493 e. The second-order valence-corrected chi connectivity index (χ2v) is 12.6. The number of nitrogens with zero attached hydrogens (tertiary/aromatic N) is 2. The van der Waals surface area contributed by atoms with Crippen LogP contribution in [0.5, 0.6) is 11.5 Å². The maximum Gasteiger partial charge on any atom is 0.338 e. The molecule has 10 heteroatoms. The van der Waals surface area contributed by atoms with Gasteiger partial charge in [-0.25, -0.2) is 9.79 Å². The van der Waals surface area contributed by atoms with E-state index in [2.05, 4.69) is 15.9 Å². The van der Waals surface area contributed by atoms with Gasteiger partial charge in [0.25, 0.3) is 5.56 Å². The van der Waals surface area contributed by atoms with Crippen molar-refractivity contribution < 1.29 is 19.0 Å². The highest BCUT2D eigenvalue weighted by Gasteiger charge is 2.35. The van der Waals surface area contributed by atoms with E-state index in [0.29, 0.717) is 49.3 Å². The minimum Gasteiger partial charge on any atom is -0.493 e. The highest BCUT2D eigenvalue weighted by atomic mass is 79.9. The molecule has 46 heavy (non-hydrogen) atoms. The van der Waals surface area contributed by atoms with Gasteiger partial charge in [0, 0.05) is 10.0 Å². The topological polar surface area (TPSA) is 79.1 Å². The van der Waals surface area contributed by atoms with E-state index >= 15 is 0 Å². The van der Waals surface area contributed by atoms with Crippen molar-refractivity contribution in [1.29, 1.82) is 0 Å². The average molecular weight is 716 g/mol. The molecule has 0 bridgehead atoms. The van der Waals surface area contributed by atoms with Gasteiger partial charge in [-0.1, -0.05) is 112 Å². The van der Waals surface area contributed by atoms with Gasteiger partial charge in [0.05, 0.1) is 40.6 Å². The Bertz CT molecular complexity index is 2110. The molecule has 2 heterocycles. The zero-order valence-corrected chi connectivity index (χ0v) is 28.1. The van der Waals surface area contributed by atoms with Gasteiger partial charge in [-0.3, -0.25) is 9.36 Å². The lowest BCUT2D eigenvalue weighted by Crippen LogP contribution is -2.39. The second-order valence-electron chi connectivity index (χ2n) is 10.3. The first-order chi connectivity index (χ1) is 22.4. The third-order valence-corrected chi connectivity index (χ3v) is 9.13. The molecule has 1 aromatic heterocycles. The molecule has 6 rings (SSSR count). The molecule has 0 N–H and O–H groups in total. The normalized spacial score (nSPS) is 14.4. The summed E-state index contributed by atoms with van der Waals surface area (Å²) in [6.45, 7) is 2.24. The number of hydrogen-bond donors (Lipinski definition) is 0. The molecule has 1 atom stereocenters. The first kappa shape index (κ1) is 31.5. The maximum absolute atomic E-state index is 14.2. The Morgan fingerprint density at radius 2 is 1.72 bits per heavy atom. The van der Waals surface area contributed by atoms with E-state index in [1.54, 1.807) is 29.7 Å². The lowest BCUT2D eigenvalue weighted by molar-refractivity contribution is -0.138. The number of rotatable bonds is 9. The average Bonchev–Trinajstić information content (AvgIpc) is 3.38. The van der Waals surface area contributed by atoms with Crippen LogP contribution in [-0.2, 0) is 16.1 Å². The van der Waals surface area contributed by atoms with Crippen molar-refractivity contribution in [1.82, 2.24) is 4.57 Å². The molecule has 4 aromatic carbocycles. The number of esters is 1. The summed E-state index contributed by atoms with van der Waals surface area (Å²) in [6, 6.07) is 29.4. The highest BCUT2D eigenvalue weighted by molar-refractivity contribution is 9.10. The van der Waals surface area contributed by atoms with Crippen molar-refractivity contribution in [2.75, 3.05) is 13.7 Å². The molecular formula is C36H28BrClN2O5S. The van der Waals surface area contributed by atoms with E-state index in [4.69, 9.17) is 30.8 Å². The highest BCUT2D eigenvalue weighted by Crippen LogP contribution is 2.38. The monoisotopic (exact) mass is 714 g/mol. The molecule has 0 radical (unpaired) electrons. The number of aromatic nitrogens is 1. The molecule has 7 nitrogen and oxygen atoms in total. The van der Waals surface area contributed by atoms with Crippen molar-refractivity contribution in [3.05, 3.63) is 154 Å². The first-order valence-corrected chi connectivity index (χ1v) is 16.4. The SMILES string of the molecule is CCOC(=O)C1=C(c2ccccc2)N=c2s/c(=C\c3cc(Cl)c(OCc4ccc(Br)cc4)c(OC)c3)c(=O)n2[C@H]1c1ccccc1. The lowest BCUT2D eigenvalue weighted by Gasteiger charge is -2.25. The summed E-state index contributed by atoms with van der Waals surface area (Å²) >= 11 is 11.4. The Morgan fingerprint density at radius 3 is 2.39 bits per heavy atom. The van der Waals surface area contributed by atoms with E-state index in [9.17, 15) is 9.59 Å². The molecule has 5 aromatic rings. The summed E-state index contributed by atoms with van der Waals surface area (Å²) in [6.07, 6.45) is 1.75. The van der Waals surface area contributed by atoms with Gasteiger partial charge in [0.1, 0.15) is 6.61 Å². The van der Waals surface area contributed by atoms with Gasteiger partial charge in [-0.2, -0.15) is 0 Å². The molecule has 232 valence electrons. The van der Waals surface area contributed by atoms with Crippen LogP contribution >= 0.6 is 38.9 Å². The second kappa shape index (κ2) is 13.9. The van der Waals surface area contributed by atoms with Crippen LogP contribution in [0.2, 0.25) is 5.02 Å². The number of thiazole rings is 1. The van der Waals surface area contributed by atoms with Gasteiger partial charge in [0.15, 0.2) is 16.3 Å². The third-order valence-electron chi connectivity index (χ3n) is 7.33. The summed E-state index contributed by atoms with van der Waals surface area (Å²) in [5.74, 6) is 0.312. The van der Waals surface area contributed by atoms with Gasteiger partial charge in [-0.05, 0) is 54.0 Å². The minimum atomic E-state index is -0.749. The number of hydrogen-bond acceptors (Lipinski definition) is 7. The molecule has 0 saturated carbocycles. The van der Waals surface area contributed by atoms with Crippen molar-refractivity contribution in [2.24, 2.45) is 4.99 Å². The van der Waals surface area contributed by atoms with Gasteiger partial charge in [0.2, 0.25) is 0 Å². The Labute approximate surface area is 282 Å². The molecule has 0 fully saturated rings. The van der Waals surface area contributed by atoms with Gasteiger partial charge < -0.3 is 14.2 Å². The van der Waals surface area contributed by atoms with E-state index in [-0.39, 0.29) is 12.2 Å². The summed E-state index contributed by atoms with van der Waals surface area (Å²) in [5.41, 5.74) is 3.60. The summed E-state index contributed by atoms with van der Waals surface area (Å²) in [7, 11) is 1.54. The molecule has 1 aliphatic rings. The number of halogens is 2. The fourth-order valence-corrected chi connectivity index (χ4v) is 6.78. The molecule has 0 aliphatic carbocycles. The Balaban J connectivity index is 1.48.